The highest BCUT2D eigenvalue weighted by molar-refractivity contribution is 5.78. The molecule has 2 atom stereocenters. The number of piperidine rings is 2. The molecule has 120 valence electrons. The van der Waals surface area contributed by atoms with Crippen molar-refractivity contribution in [3.63, 3.8) is 0 Å². The van der Waals surface area contributed by atoms with Gasteiger partial charge in [0.05, 0.1) is 0 Å². The zero-order chi connectivity index (χ0) is 15.2. The van der Waals surface area contributed by atoms with Crippen molar-refractivity contribution in [2.75, 3.05) is 32.7 Å². The molecule has 2 aliphatic heterocycles. The summed E-state index contributed by atoms with van der Waals surface area (Å²) < 4.78 is 0. The summed E-state index contributed by atoms with van der Waals surface area (Å²) in [5.74, 6) is 1.30. The number of rotatable bonds is 3. The largest absolute Gasteiger partial charge is 0.343 e. The van der Waals surface area contributed by atoms with E-state index in [2.05, 4.69) is 19.2 Å². The molecule has 2 unspecified atom stereocenters. The maximum absolute atomic E-state index is 12.1. The molecule has 0 spiro atoms. The van der Waals surface area contributed by atoms with E-state index in [9.17, 15) is 9.59 Å². The first-order valence-corrected chi connectivity index (χ1v) is 8.37. The van der Waals surface area contributed by atoms with Crippen LogP contribution in [0.4, 0.5) is 4.79 Å². The number of carbonyl (C=O) groups excluding carboxylic acids is 2. The Hall–Kier alpha value is -1.26. The van der Waals surface area contributed by atoms with E-state index in [-0.39, 0.29) is 11.9 Å². The first kappa shape index (κ1) is 16.1. The van der Waals surface area contributed by atoms with Crippen molar-refractivity contribution in [2.24, 2.45) is 11.8 Å². The van der Waals surface area contributed by atoms with E-state index in [1.807, 2.05) is 9.80 Å². The molecular weight excluding hydrogens is 266 g/mol. The van der Waals surface area contributed by atoms with Gasteiger partial charge in [0.1, 0.15) is 0 Å². The van der Waals surface area contributed by atoms with E-state index in [1.165, 1.54) is 12.8 Å². The van der Waals surface area contributed by atoms with E-state index in [0.717, 1.165) is 39.0 Å². The average Bonchev–Trinajstić information content (AvgIpc) is 2.47. The second-order valence-corrected chi connectivity index (χ2v) is 6.77. The SMILES string of the molecule is CC1CC(C)CN(C(=O)NCCC(=O)N2CCCCC2)C1. The van der Waals surface area contributed by atoms with E-state index in [0.29, 0.717) is 24.8 Å². The summed E-state index contributed by atoms with van der Waals surface area (Å²) in [7, 11) is 0. The van der Waals surface area contributed by atoms with Gasteiger partial charge < -0.3 is 15.1 Å². The molecule has 5 nitrogen and oxygen atoms in total. The van der Waals surface area contributed by atoms with Gasteiger partial charge in [-0.2, -0.15) is 0 Å². The molecule has 0 aromatic rings. The van der Waals surface area contributed by atoms with Crippen molar-refractivity contribution < 1.29 is 9.59 Å². The summed E-state index contributed by atoms with van der Waals surface area (Å²) >= 11 is 0. The van der Waals surface area contributed by atoms with E-state index in [4.69, 9.17) is 0 Å². The van der Waals surface area contributed by atoms with Gasteiger partial charge in [0.2, 0.25) is 5.91 Å². The zero-order valence-electron chi connectivity index (χ0n) is 13.4. The minimum absolute atomic E-state index is 0.0140. The zero-order valence-corrected chi connectivity index (χ0v) is 13.4. The molecule has 2 fully saturated rings. The second kappa shape index (κ2) is 7.66. The fourth-order valence-corrected chi connectivity index (χ4v) is 3.52. The number of hydrogen-bond donors (Lipinski definition) is 1. The van der Waals surface area contributed by atoms with Crippen molar-refractivity contribution >= 4 is 11.9 Å². The van der Waals surface area contributed by atoms with Gasteiger partial charge in [0, 0.05) is 39.1 Å². The Morgan fingerprint density at radius 2 is 1.62 bits per heavy atom. The van der Waals surface area contributed by atoms with Crippen LogP contribution in [0, 0.1) is 11.8 Å². The number of hydrogen-bond acceptors (Lipinski definition) is 2. The summed E-state index contributed by atoms with van der Waals surface area (Å²) in [6, 6.07) is -0.0140. The van der Waals surface area contributed by atoms with Gasteiger partial charge in [-0.1, -0.05) is 13.8 Å². The summed E-state index contributed by atoms with van der Waals surface area (Å²) in [6.45, 7) is 8.26. The molecule has 2 aliphatic rings. The molecule has 0 aromatic heterocycles. The molecule has 5 heteroatoms. The summed E-state index contributed by atoms with van der Waals surface area (Å²) in [5.41, 5.74) is 0. The van der Waals surface area contributed by atoms with Crippen LogP contribution < -0.4 is 5.32 Å². The molecule has 1 N–H and O–H groups in total. The Morgan fingerprint density at radius 3 is 2.24 bits per heavy atom. The van der Waals surface area contributed by atoms with Gasteiger partial charge in [-0.15, -0.1) is 0 Å². The van der Waals surface area contributed by atoms with Crippen LogP contribution >= 0.6 is 0 Å². The highest BCUT2D eigenvalue weighted by atomic mass is 16.2. The van der Waals surface area contributed by atoms with Gasteiger partial charge in [-0.3, -0.25) is 4.79 Å². The van der Waals surface area contributed by atoms with Crippen molar-refractivity contribution in [2.45, 2.75) is 46.0 Å². The number of amides is 3. The van der Waals surface area contributed by atoms with Crippen molar-refractivity contribution in [1.82, 2.24) is 15.1 Å². The normalized spacial score (nSPS) is 26.6. The number of likely N-dealkylation sites (tertiary alicyclic amines) is 2. The van der Waals surface area contributed by atoms with Gasteiger partial charge in [-0.05, 0) is 37.5 Å². The van der Waals surface area contributed by atoms with Gasteiger partial charge in [0.25, 0.3) is 0 Å². The number of carbonyl (C=O) groups is 2. The Labute approximate surface area is 128 Å². The smallest absolute Gasteiger partial charge is 0.317 e. The molecule has 0 aromatic carbocycles. The fraction of sp³-hybridized carbons (Fsp3) is 0.875. The highest BCUT2D eigenvalue weighted by Gasteiger charge is 2.25. The van der Waals surface area contributed by atoms with Gasteiger partial charge in [0.15, 0.2) is 0 Å². The third kappa shape index (κ3) is 4.90. The van der Waals surface area contributed by atoms with Crippen molar-refractivity contribution in [3.05, 3.63) is 0 Å². The van der Waals surface area contributed by atoms with Crippen molar-refractivity contribution in [3.8, 4) is 0 Å². The minimum atomic E-state index is -0.0140. The number of nitrogens with zero attached hydrogens (tertiary/aromatic N) is 2. The Morgan fingerprint density at radius 1 is 1.00 bits per heavy atom. The maximum Gasteiger partial charge on any atom is 0.317 e. The van der Waals surface area contributed by atoms with Crippen LogP contribution in [0.2, 0.25) is 0 Å². The van der Waals surface area contributed by atoms with Crippen LogP contribution in [0.3, 0.4) is 0 Å². The Bertz CT molecular complexity index is 357. The minimum Gasteiger partial charge on any atom is -0.343 e. The maximum atomic E-state index is 12.1. The topological polar surface area (TPSA) is 52.7 Å². The average molecular weight is 295 g/mol. The first-order chi connectivity index (χ1) is 10.1. The van der Waals surface area contributed by atoms with Crippen molar-refractivity contribution in [1.29, 1.82) is 0 Å². The van der Waals surface area contributed by atoms with Crippen LogP contribution in [0.1, 0.15) is 46.0 Å². The Balaban J connectivity index is 1.67. The number of nitrogens with one attached hydrogen (secondary N) is 1. The lowest BCUT2D eigenvalue weighted by atomic mass is 9.92. The van der Waals surface area contributed by atoms with Crippen LogP contribution in [-0.4, -0.2) is 54.5 Å². The fourth-order valence-electron chi connectivity index (χ4n) is 3.52. The number of urea groups is 1. The van der Waals surface area contributed by atoms with Crippen LogP contribution in [0.25, 0.3) is 0 Å². The lowest BCUT2D eigenvalue weighted by molar-refractivity contribution is -0.131. The van der Waals surface area contributed by atoms with Crippen LogP contribution in [0.15, 0.2) is 0 Å². The summed E-state index contributed by atoms with van der Waals surface area (Å²) in [6.07, 6.45) is 5.07. The van der Waals surface area contributed by atoms with Crippen LogP contribution in [-0.2, 0) is 4.79 Å². The predicted octanol–water partition coefficient (Wildman–Crippen LogP) is 2.08. The molecule has 2 heterocycles. The molecule has 2 rings (SSSR count). The standard InChI is InChI=1S/C16H29N3O2/c1-13-10-14(2)12-19(11-13)16(21)17-7-6-15(20)18-8-4-3-5-9-18/h13-14H,3-12H2,1-2H3,(H,17,21). The van der Waals surface area contributed by atoms with Crippen LogP contribution in [0.5, 0.6) is 0 Å². The molecule has 2 saturated heterocycles. The molecule has 0 radical (unpaired) electrons. The molecule has 21 heavy (non-hydrogen) atoms. The molecule has 0 aliphatic carbocycles. The summed E-state index contributed by atoms with van der Waals surface area (Å²) in [5, 5.41) is 2.90. The second-order valence-electron chi connectivity index (χ2n) is 6.77. The first-order valence-electron chi connectivity index (χ1n) is 8.37. The monoisotopic (exact) mass is 295 g/mol. The molecule has 0 saturated carbocycles. The lowest BCUT2D eigenvalue weighted by Gasteiger charge is -2.35. The highest BCUT2D eigenvalue weighted by Crippen LogP contribution is 2.20. The molecule has 0 bridgehead atoms. The third-order valence-corrected chi connectivity index (χ3v) is 4.48. The molecule has 3 amide bonds. The summed E-state index contributed by atoms with van der Waals surface area (Å²) in [4.78, 5) is 28.0. The quantitative estimate of drug-likeness (QED) is 0.866. The Kier molecular flexibility index (Phi) is 5.88. The van der Waals surface area contributed by atoms with E-state index in [1.54, 1.807) is 0 Å². The van der Waals surface area contributed by atoms with Gasteiger partial charge >= 0.3 is 6.03 Å². The van der Waals surface area contributed by atoms with E-state index < -0.39 is 0 Å². The molecular formula is C16H29N3O2. The third-order valence-electron chi connectivity index (χ3n) is 4.48. The van der Waals surface area contributed by atoms with E-state index >= 15 is 0 Å². The van der Waals surface area contributed by atoms with Gasteiger partial charge in [-0.25, -0.2) is 4.79 Å². The predicted molar refractivity (Wildman–Crippen MR) is 83.0 cm³/mol. The lowest BCUT2D eigenvalue weighted by Crippen LogP contribution is -2.48.